The van der Waals surface area contributed by atoms with Crippen molar-refractivity contribution in [2.45, 2.75) is 26.7 Å². The van der Waals surface area contributed by atoms with Gasteiger partial charge in [0.25, 0.3) is 0 Å². The number of carboxylic acid groups (broad SMARTS) is 1. The van der Waals surface area contributed by atoms with Crippen molar-refractivity contribution in [1.29, 1.82) is 0 Å². The molecule has 0 radical (unpaired) electrons. The fraction of sp³-hybridized carbons (Fsp3) is 0.800. The molecule has 1 heterocycles. The van der Waals surface area contributed by atoms with E-state index < -0.39 is 33.6 Å². The highest BCUT2D eigenvalue weighted by Crippen LogP contribution is 2.16. The number of likely N-dealkylation sites (N-methyl/N-ethyl adjacent to an activating group) is 1. The first kappa shape index (κ1) is 21.4. The number of likely N-dealkylation sites (tertiary alicyclic amines) is 1. The Morgan fingerprint density at radius 3 is 2.32 bits per heavy atom. The highest BCUT2D eigenvalue weighted by atomic mass is 32.2. The molecule has 1 saturated heterocycles. The maximum absolute atomic E-state index is 12.3. The fourth-order valence-electron chi connectivity index (χ4n) is 2.77. The van der Waals surface area contributed by atoms with Crippen LogP contribution in [0.25, 0.3) is 0 Å². The van der Waals surface area contributed by atoms with Crippen LogP contribution in [0.5, 0.6) is 0 Å². The van der Waals surface area contributed by atoms with Crippen LogP contribution in [0.2, 0.25) is 0 Å². The van der Waals surface area contributed by atoms with Crippen LogP contribution in [0.15, 0.2) is 0 Å². The maximum Gasteiger partial charge on any atom is 0.308 e. The highest BCUT2D eigenvalue weighted by molar-refractivity contribution is 7.89. The zero-order chi connectivity index (χ0) is 19.2. The maximum atomic E-state index is 12.3. The minimum atomic E-state index is -3.71. The molecule has 0 saturated carbocycles. The van der Waals surface area contributed by atoms with E-state index in [1.54, 1.807) is 13.8 Å². The minimum absolute atomic E-state index is 0.119. The van der Waals surface area contributed by atoms with E-state index in [-0.39, 0.29) is 32.1 Å². The number of hydrogen-bond donors (Lipinski definition) is 1. The number of hydrogen-bond acceptors (Lipinski definition) is 5. The minimum Gasteiger partial charge on any atom is -0.481 e. The third-order valence-electron chi connectivity index (χ3n) is 4.33. The van der Waals surface area contributed by atoms with E-state index in [0.29, 0.717) is 19.4 Å². The van der Waals surface area contributed by atoms with Gasteiger partial charge in [-0.25, -0.2) is 12.7 Å². The summed E-state index contributed by atoms with van der Waals surface area (Å²) in [6, 6.07) is 0. The number of carbonyl (C=O) groups is 3. The smallest absolute Gasteiger partial charge is 0.308 e. The average Bonchev–Trinajstić information content (AvgIpc) is 2.55. The second-order valence-electron chi connectivity index (χ2n) is 6.11. The SMILES string of the molecule is CCN(CC)S(=O)(=O)CC(=O)N(C)CC(=O)N1CCCC(C(=O)O)C1. The molecule has 144 valence electrons. The van der Waals surface area contributed by atoms with Crippen LogP contribution in [-0.4, -0.2) is 90.9 Å². The Morgan fingerprint density at radius 2 is 1.80 bits per heavy atom. The normalized spacial score (nSPS) is 18.2. The summed E-state index contributed by atoms with van der Waals surface area (Å²) in [6.07, 6.45) is 1.12. The van der Waals surface area contributed by atoms with Crippen molar-refractivity contribution in [2.24, 2.45) is 5.92 Å². The molecule has 10 heteroatoms. The number of carbonyl (C=O) groups excluding carboxylic acids is 2. The summed E-state index contributed by atoms with van der Waals surface area (Å²) >= 11 is 0. The van der Waals surface area contributed by atoms with Crippen LogP contribution in [0.1, 0.15) is 26.7 Å². The first-order valence-electron chi connectivity index (χ1n) is 8.34. The number of amides is 2. The van der Waals surface area contributed by atoms with E-state index in [1.807, 2.05) is 0 Å². The van der Waals surface area contributed by atoms with Gasteiger partial charge in [0.05, 0.1) is 12.5 Å². The van der Waals surface area contributed by atoms with Crippen LogP contribution in [0.3, 0.4) is 0 Å². The lowest BCUT2D eigenvalue weighted by atomic mass is 9.98. The molecule has 1 unspecified atom stereocenters. The molecule has 1 aliphatic heterocycles. The standard InChI is InChI=1S/C15H27N3O6S/c1-4-18(5-2)25(23,24)11-14(20)16(3)10-13(19)17-8-6-7-12(9-17)15(21)22/h12H,4-11H2,1-3H3,(H,21,22). The summed E-state index contributed by atoms with van der Waals surface area (Å²) in [4.78, 5) is 38.0. The van der Waals surface area contributed by atoms with Crippen LogP contribution in [0, 0.1) is 5.92 Å². The zero-order valence-corrected chi connectivity index (χ0v) is 15.8. The predicted octanol–water partition coefficient (Wildman–Crippen LogP) is -0.560. The molecule has 0 aromatic carbocycles. The Bertz CT molecular complexity index is 602. The predicted molar refractivity (Wildman–Crippen MR) is 91.3 cm³/mol. The van der Waals surface area contributed by atoms with Crippen molar-refractivity contribution in [3.8, 4) is 0 Å². The van der Waals surface area contributed by atoms with Gasteiger partial charge in [-0.3, -0.25) is 14.4 Å². The number of piperidine rings is 1. The quantitative estimate of drug-likeness (QED) is 0.606. The first-order chi connectivity index (χ1) is 11.6. The summed E-state index contributed by atoms with van der Waals surface area (Å²) in [5, 5.41) is 9.06. The summed E-state index contributed by atoms with van der Waals surface area (Å²) in [6.45, 7) is 4.23. The Hall–Kier alpha value is -1.68. The van der Waals surface area contributed by atoms with Gasteiger partial charge in [-0.2, -0.15) is 0 Å². The molecular weight excluding hydrogens is 350 g/mol. The topological polar surface area (TPSA) is 115 Å². The molecule has 0 aromatic heterocycles. The van der Waals surface area contributed by atoms with Crippen LogP contribution in [0.4, 0.5) is 0 Å². The van der Waals surface area contributed by atoms with E-state index in [9.17, 15) is 22.8 Å². The zero-order valence-electron chi connectivity index (χ0n) is 15.0. The Labute approximate surface area is 148 Å². The Balaban J connectivity index is 2.62. The lowest BCUT2D eigenvalue weighted by Crippen LogP contribution is -2.48. The lowest BCUT2D eigenvalue weighted by Gasteiger charge is -2.32. The van der Waals surface area contributed by atoms with Crippen LogP contribution < -0.4 is 0 Å². The molecule has 0 bridgehead atoms. The summed E-state index contributed by atoms with van der Waals surface area (Å²) in [7, 11) is -2.34. The number of rotatable bonds is 8. The van der Waals surface area contributed by atoms with Crippen molar-refractivity contribution in [2.75, 3.05) is 45.5 Å². The molecule has 1 rings (SSSR count). The summed E-state index contributed by atoms with van der Waals surface area (Å²) in [5.41, 5.74) is 0. The van der Waals surface area contributed by atoms with Crippen molar-refractivity contribution in [3.05, 3.63) is 0 Å². The van der Waals surface area contributed by atoms with E-state index in [2.05, 4.69) is 0 Å². The monoisotopic (exact) mass is 377 g/mol. The molecule has 0 spiro atoms. The largest absolute Gasteiger partial charge is 0.481 e. The van der Waals surface area contributed by atoms with Crippen molar-refractivity contribution >= 4 is 27.8 Å². The first-order valence-corrected chi connectivity index (χ1v) is 9.95. The second-order valence-corrected chi connectivity index (χ2v) is 8.08. The van der Waals surface area contributed by atoms with Gasteiger partial charge in [-0.1, -0.05) is 13.8 Å². The molecule has 1 aliphatic rings. The van der Waals surface area contributed by atoms with Crippen molar-refractivity contribution < 1.29 is 27.9 Å². The second kappa shape index (κ2) is 9.14. The van der Waals surface area contributed by atoms with Crippen molar-refractivity contribution in [1.82, 2.24) is 14.1 Å². The van der Waals surface area contributed by atoms with Gasteiger partial charge < -0.3 is 14.9 Å². The summed E-state index contributed by atoms with van der Waals surface area (Å²) in [5.74, 6) is -3.25. The van der Waals surface area contributed by atoms with E-state index in [1.165, 1.54) is 16.3 Å². The highest BCUT2D eigenvalue weighted by Gasteiger charge is 2.30. The molecule has 0 aliphatic carbocycles. The third kappa shape index (κ3) is 5.96. The summed E-state index contributed by atoms with van der Waals surface area (Å²) < 4.78 is 25.5. The lowest BCUT2D eigenvalue weighted by molar-refractivity contribution is -0.147. The van der Waals surface area contributed by atoms with Crippen molar-refractivity contribution in [3.63, 3.8) is 0 Å². The number of sulfonamides is 1. The molecular formula is C15H27N3O6S. The van der Waals surface area contributed by atoms with Gasteiger partial charge in [0.15, 0.2) is 0 Å². The Morgan fingerprint density at radius 1 is 1.20 bits per heavy atom. The van der Waals surface area contributed by atoms with Gasteiger partial charge in [-0.15, -0.1) is 0 Å². The van der Waals surface area contributed by atoms with E-state index in [4.69, 9.17) is 5.11 Å². The van der Waals surface area contributed by atoms with Gasteiger partial charge in [0.2, 0.25) is 21.8 Å². The number of nitrogens with zero attached hydrogens (tertiary/aromatic N) is 3. The molecule has 0 aromatic rings. The van der Waals surface area contributed by atoms with Gasteiger partial charge in [0.1, 0.15) is 5.75 Å². The number of carboxylic acids is 1. The molecule has 1 atom stereocenters. The molecule has 2 amide bonds. The van der Waals surface area contributed by atoms with Gasteiger partial charge >= 0.3 is 5.97 Å². The van der Waals surface area contributed by atoms with E-state index in [0.717, 1.165) is 4.90 Å². The van der Waals surface area contributed by atoms with Gasteiger partial charge in [-0.05, 0) is 12.8 Å². The van der Waals surface area contributed by atoms with Crippen LogP contribution in [-0.2, 0) is 24.4 Å². The van der Waals surface area contributed by atoms with E-state index >= 15 is 0 Å². The van der Waals surface area contributed by atoms with Crippen LogP contribution >= 0.6 is 0 Å². The molecule has 9 nitrogen and oxygen atoms in total. The molecule has 1 fully saturated rings. The average molecular weight is 377 g/mol. The molecule has 25 heavy (non-hydrogen) atoms. The van der Waals surface area contributed by atoms with Gasteiger partial charge in [0, 0.05) is 33.2 Å². The molecule has 1 N–H and O–H groups in total. The third-order valence-corrected chi connectivity index (χ3v) is 6.24. The fourth-order valence-corrected chi connectivity index (χ4v) is 4.27. The Kier molecular flexibility index (Phi) is 7.81. The number of aliphatic carboxylic acids is 1.